The molecule has 37 heavy (non-hydrogen) atoms. The number of rotatable bonds is 11. The first-order valence-corrected chi connectivity index (χ1v) is 11.7. The first kappa shape index (κ1) is 29.2. The van der Waals surface area contributed by atoms with Crippen molar-refractivity contribution in [3.8, 4) is 0 Å². The van der Waals surface area contributed by atoms with Gasteiger partial charge in [-0.25, -0.2) is 14.4 Å². The van der Waals surface area contributed by atoms with Crippen LogP contribution in [0.25, 0.3) is 0 Å². The highest BCUT2D eigenvalue weighted by molar-refractivity contribution is 6.12. The Hall–Kier alpha value is -4.06. The third kappa shape index (κ3) is 10.2. The van der Waals surface area contributed by atoms with Crippen molar-refractivity contribution in [1.29, 1.82) is 0 Å². The Balaban J connectivity index is 1.70. The maximum atomic E-state index is 12.4. The number of hydrogen-bond donors (Lipinski definition) is 3. The quantitative estimate of drug-likeness (QED) is 0.167. The van der Waals surface area contributed by atoms with Gasteiger partial charge in [-0.15, -0.1) is 0 Å². The van der Waals surface area contributed by atoms with Crippen molar-refractivity contribution in [1.82, 2.24) is 15.5 Å². The predicted octanol–water partition coefficient (Wildman–Crippen LogP) is 0.934. The van der Waals surface area contributed by atoms with E-state index in [-0.39, 0.29) is 36.9 Å². The molecule has 1 aliphatic heterocycles. The summed E-state index contributed by atoms with van der Waals surface area (Å²) in [4.78, 5) is 72.2. The van der Waals surface area contributed by atoms with Crippen LogP contribution < -0.4 is 16.4 Å². The van der Waals surface area contributed by atoms with E-state index in [1.54, 1.807) is 39.0 Å². The SMILES string of the molecule is CC(C)(C)OC(=O)NCc1cccc(C(=O)NCC(=O)OC(=O)C(N)CCCCN2C(=O)C=CC2=O)c1. The number of carbonyl (C=O) groups excluding carboxylic acids is 6. The molecular weight excluding hydrogens is 484 g/mol. The molecule has 1 aromatic rings. The second-order valence-electron chi connectivity index (χ2n) is 9.30. The van der Waals surface area contributed by atoms with Gasteiger partial charge in [-0.2, -0.15) is 0 Å². The second kappa shape index (κ2) is 13.3. The van der Waals surface area contributed by atoms with Gasteiger partial charge in [-0.3, -0.25) is 19.3 Å². The maximum absolute atomic E-state index is 12.4. The van der Waals surface area contributed by atoms with Gasteiger partial charge in [0.05, 0.1) is 0 Å². The molecule has 1 aliphatic rings. The monoisotopic (exact) mass is 516 g/mol. The number of benzene rings is 1. The van der Waals surface area contributed by atoms with Gasteiger partial charge in [0.15, 0.2) is 0 Å². The van der Waals surface area contributed by atoms with E-state index in [1.807, 2.05) is 0 Å². The number of ether oxygens (including phenoxy) is 2. The summed E-state index contributed by atoms with van der Waals surface area (Å²) in [6, 6.07) is 5.32. The van der Waals surface area contributed by atoms with E-state index in [4.69, 9.17) is 10.5 Å². The molecule has 12 nitrogen and oxygen atoms in total. The fraction of sp³-hybridized carbons (Fsp3) is 0.440. The number of carbonyl (C=O) groups is 6. The molecule has 4 N–H and O–H groups in total. The van der Waals surface area contributed by atoms with Crippen LogP contribution >= 0.6 is 0 Å². The van der Waals surface area contributed by atoms with Crippen LogP contribution in [-0.4, -0.2) is 65.4 Å². The molecule has 2 rings (SSSR count). The molecule has 1 atom stereocenters. The Bertz CT molecular complexity index is 1060. The molecule has 1 unspecified atom stereocenters. The molecule has 0 bridgehead atoms. The van der Waals surface area contributed by atoms with Crippen molar-refractivity contribution in [2.45, 2.75) is 58.2 Å². The molecule has 1 heterocycles. The number of amides is 4. The Morgan fingerprint density at radius 2 is 1.70 bits per heavy atom. The lowest BCUT2D eigenvalue weighted by Crippen LogP contribution is -2.37. The lowest BCUT2D eigenvalue weighted by molar-refractivity contribution is -0.160. The van der Waals surface area contributed by atoms with Crippen LogP contribution in [0, 0.1) is 0 Å². The van der Waals surface area contributed by atoms with Crippen LogP contribution in [0.2, 0.25) is 0 Å². The smallest absolute Gasteiger partial charge is 0.407 e. The largest absolute Gasteiger partial charge is 0.444 e. The number of hydrogen-bond acceptors (Lipinski definition) is 9. The Morgan fingerprint density at radius 3 is 2.35 bits per heavy atom. The third-order valence-corrected chi connectivity index (χ3v) is 4.98. The molecule has 0 aromatic heterocycles. The van der Waals surface area contributed by atoms with E-state index in [2.05, 4.69) is 15.4 Å². The summed E-state index contributed by atoms with van der Waals surface area (Å²) in [5.74, 6) is -3.26. The molecule has 0 fully saturated rings. The minimum absolute atomic E-state index is 0.131. The summed E-state index contributed by atoms with van der Waals surface area (Å²) in [5, 5.41) is 4.95. The van der Waals surface area contributed by atoms with Gasteiger partial charge in [-0.1, -0.05) is 12.1 Å². The Morgan fingerprint density at radius 1 is 1.03 bits per heavy atom. The van der Waals surface area contributed by atoms with Crippen molar-refractivity contribution in [3.05, 3.63) is 47.5 Å². The van der Waals surface area contributed by atoms with Crippen molar-refractivity contribution in [2.75, 3.05) is 13.1 Å². The highest BCUT2D eigenvalue weighted by Gasteiger charge is 2.23. The molecule has 0 saturated heterocycles. The zero-order valence-corrected chi connectivity index (χ0v) is 21.1. The van der Waals surface area contributed by atoms with Gasteiger partial charge in [0.1, 0.15) is 18.2 Å². The van der Waals surface area contributed by atoms with E-state index >= 15 is 0 Å². The van der Waals surface area contributed by atoms with Crippen LogP contribution in [0.4, 0.5) is 4.79 Å². The highest BCUT2D eigenvalue weighted by Crippen LogP contribution is 2.10. The van der Waals surface area contributed by atoms with Crippen molar-refractivity contribution in [3.63, 3.8) is 0 Å². The number of nitrogens with two attached hydrogens (primary N) is 1. The number of alkyl carbamates (subject to hydrolysis) is 1. The zero-order valence-electron chi connectivity index (χ0n) is 21.1. The first-order chi connectivity index (χ1) is 17.4. The van der Waals surface area contributed by atoms with Gasteiger partial charge in [-0.05, 0) is 57.7 Å². The molecule has 0 radical (unpaired) electrons. The van der Waals surface area contributed by atoms with E-state index in [9.17, 15) is 28.8 Å². The minimum atomic E-state index is -1.07. The lowest BCUT2D eigenvalue weighted by atomic mass is 10.1. The lowest BCUT2D eigenvalue weighted by Gasteiger charge is -2.19. The normalized spacial score (nSPS) is 13.8. The van der Waals surface area contributed by atoms with Gasteiger partial charge in [0.25, 0.3) is 17.7 Å². The zero-order chi connectivity index (χ0) is 27.6. The summed E-state index contributed by atoms with van der Waals surface area (Å²) >= 11 is 0. The first-order valence-electron chi connectivity index (χ1n) is 11.7. The van der Waals surface area contributed by atoms with E-state index in [1.165, 1.54) is 18.2 Å². The van der Waals surface area contributed by atoms with Crippen molar-refractivity contribution in [2.24, 2.45) is 5.73 Å². The predicted molar refractivity (Wildman–Crippen MR) is 131 cm³/mol. The molecule has 1 aromatic carbocycles. The Kier molecular flexibility index (Phi) is 10.5. The van der Waals surface area contributed by atoms with Gasteiger partial charge < -0.3 is 25.8 Å². The summed E-state index contributed by atoms with van der Waals surface area (Å²) < 4.78 is 9.84. The topological polar surface area (TPSA) is 174 Å². The highest BCUT2D eigenvalue weighted by atomic mass is 16.6. The average molecular weight is 517 g/mol. The summed E-state index contributed by atoms with van der Waals surface area (Å²) in [6.45, 7) is 5.01. The van der Waals surface area contributed by atoms with Gasteiger partial charge in [0.2, 0.25) is 0 Å². The minimum Gasteiger partial charge on any atom is -0.444 e. The van der Waals surface area contributed by atoms with Crippen LogP contribution in [0.15, 0.2) is 36.4 Å². The standard InChI is InChI=1S/C25H32N4O8/c1-25(2,3)37-24(35)28-14-16-7-6-8-17(13-16)22(33)27-15-21(32)36-23(34)18(26)9-4-5-12-29-19(30)10-11-20(29)31/h6-8,10-11,13,18H,4-5,9,12,14-15,26H2,1-3H3,(H,27,33)(H,28,35). The molecule has 0 saturated carbocycles. The van der Waals surface area contributed by atoms with Crippen molar-refractivity contribution >= 4 is 35.8 Å². The van der Waals surface area contributed by atoms with E-state index in [0.717, 1.165) is 4.90 Å². The number of imide groups is 1. The molecule has 200 valence electrons. The molecule has 12 heteroatoms. The molecule has 4 amide bonds. The summed E-state index contributed by atoms with van der Waals surface area (Å²) in [7, 11) is 0. The summed E-state index contributed by atoms with van der Waals surface area (Å²) in [6.07, 6.45) is 2.84. The fourth-order valence-electron chi connectivity index (χ4n) is 3.19. The Labute approximate surface area is 214 Å². The number of esters is 2. The molecule has 0 spiro atoms. The van der Waals surface area contributed by atoms with E-state index < -0.39 is 42.1 Å². The van der Waals surface area contributed by atoms with Crippen molar-refractivity contribution < 1.29 is 38.2 Å². The molecular formula is C25H32N4O8. The second-order valence-corrected chi connectivity index (χ2v) is 9.30. The van der Waals surface area contributed by atoms with E-state index in [0.29, 0.717) is 18.4 Å². The third-order valence-electron chi connectivity index (χ3n) is 4.98. The van der Waals surface area contributed by atoms with Gasteiger partial charge in [0, 0.05) is 30.8 Å². The van der Waals surface area contributed by atoms with Crippen LogP contribution in [0.3, 0.4) is 0 Å². The number of nitrogens with one attached hydrogen (secondary N) is 2. The molecule has 0 aliphatic carbocycles. The maximum Gasteiger partial charge on any atom is 0.407 e. The van der Waals surface area contributed by atoms with Crippen LogP contribution in [0.1, 0.15) is 56.0 Å². The average Bonchev–Trinajstić information content (AvgIpc) is 3.14. The van der Waals surface area contributed by atoms with Crippen LogP contribution in [-0.2, 0) is 35.2 Å². The van der Waals surface area contributed by atoms with Gasteiger partial charge >= 0.3 is 18.0 Å². The fourth-order valence-corrected chi connectivity index (χ4v) is 3.19. The number of unbranched alkanes of at least 4 members (excludes halogenated alkanes) is 1. The summed E-state index contributed by atoms with van der Waals surface area (Å²) in [5.41, 5.74) is 5.99. The van der Waals surface area contributed by atoms with Crippen LogP contribution in [0.5, 0.6) is 0 Å². The number of nitrogens with zero attached hydrogens (tertiary/aromatic N) is 1.